The van der Waals surface area contributed by atoms with Gasteiger partial charge in [0.05, 0.1) is 24.8 Å². The molecule has 2 unspecified atom stereocenters. The van der Waals surface area contributed by atoms with Crippen molar-refractivity contribution in [3.63, 3.8) is 0 Å². The van der Waals surface area contributed by atoms with Gasteiger partial charge in [-0.05, 0) is 41.3 Å². The zero-order chi connectivity index (χ0) is 17.3. The summed E-state index contributed by atoms with van der Waals surface area (Å²) in [6, 6.07) is 22.3. The Kier molecular flexibility index (Phi) is 4.04. The second kappa shape index (κ2) is 6.67. The standard InChI is InChI=1S/C23H22N2O/c1-2-5-17(6-3-1)14-25-21-12-20(13-22(25)16-26-15-21)18-8-9-23-19(11-18)7-4-10-24-23/h1-12,21-22H,13-16H2. The summed E-state index contributed by atoms with van der Waals surface area (Å²) in [5.74, 6) is 0. The van der Waals surface area contributed by atoms with Gasteiger partial charge in [-0.1, -0.05) is 48.5 Å². The van der Waals surface area contributed by atoms with Crippen molar-refractivity contribution >= 4 is 16.5 Å². The molecule has 2 bridgehead atoms. The molecule has 2 atom stereocenters. The Labute approximate surface area is 153 Å². The Hall–Kier alpha value is -2.49. The van der Waals surface area contributed by atoms with Gasteiger partial charge in [0.2, 0.25) is 0 Å². The first kappa shape index (κ1) is 15.7. The zero-order valence-electron chi connectivity index (χ0n) is 14.7. The van der Waals surface area contributed by atoms with Crippen LogP contribution in [0.5, 0.6) is 0 Å². The quantitative estimate of drug-likeness (QED) is 0.710. The predicted molar refractivity (Wildman–Crippen MR) is 105 cm³/mol. The third-order valence-electron chi connectivity index (χ3n) is 5.52. The average molecular weight is 342 g/mol. The molecular formula is C23H22N2O. The normalized spacial score (nSPS) is 23.0. The highest BCUT2D eigenvalue weighted by atomic mass is 16.5. The van der Waals surface area contributed by atoms with Crippen molar-refractivity contribution in [3.8, 4) is 0 Å². The van der Waals surface area contributed by atoms with Gasteiger partial charge in [-0.15, -0.1) is 0 Å². The molecule has 0 amide bonds. The van der Waals surface area contributed by atoms with Crippen LogP contribution >= 0.6 is 0 Å². The monoisotopic (exact) mass is 342 g/mol. The van der Waals surface area contributed by atoms with Crippen LogP contribution in [0, 0.1) is 0 Å². The maximum absolute atomic E-state index is 5.86. The molecule has 3 nitrogen and oxygen atoms in total. The third-order valence-corrected chi connectivity index (χ3v) is 5.52. The second-order valence-electron chi connectivity index (χ2n) is 7.22. The number of hydrogen-bond donors (Lipinski definition) is 0. The van der Waals surface area contributed by atoms with Gasteiger partial charge in [0.15, 0.2) is 0 Å². The fourth-order valence-corrected chi connectivity index (χ4v) is 4.19. The minimum atomic E-state index is 0.349. The summed E-state index contributed by atoms with van der Waals surface area (Å²) >= 11 is 0. The van der Waals surface area contributed by atoms with Crippen LogP contribution < -0.4 is 0 Å². The minimum Gasteiger partial charge on any atom is -0.378 e. The number of benzene rings is 2. The van der Waals surface area contributed by atoms with Crippen molar-refractivity contribution in [1.82, 2.24) is 9.88 Å². The summed E-state index contributed by atoms with van der Waals surface area (Å²) in [7, 11) is 0. The van der Waals surface area contributed by atoms with Crippen LogP contribution in [0.25, 0.3) is 16.5 Å². The molecule has 0 spiro atoms. The Morgan fingerprint density at radius 2 is 1.92 bits per heavy atom. The van der Waals surface area contributed by atoms with Crippen LogP contribution in [-0.4, -0.2) is 35.2 Å². The zero-order valence-corrected chi connectivity index (χ0v) is 14.7. The highest BCUT2D eigenvalue weighted by molar-refractivity contribution is 5.83. The summed E-state index contributed by atoms with van der Waals surface area (Å²) < 4.78 is 5.86. The van der Waals surface area contributed by atoms with Crippen molar-refractivity contribution in [2.45, 2.75) is 25.0 Å². The SMILES string of the molecule is C1=C(c2ccc3ncccc3c2)CC2COCC1N2Cc1ccccc1. The van der Waals surface area contributed by atoms with E-state index in [-0.39, 0.29) is 0 Å². The minimum absolute atomic E-state index is 0.349. The molecule has 5 rings (SSSR count). The van der Waals surface area contributed by atoms with Crippen molar-refractivity contribution in [2.24, 2.45) is 0 Å². The van der Waals surface area contributed by atoms with E-state index in [2.05, 4.69) is 70.6 Å². The molecule has 1 fully saturated rings. The van der Waals surface area contributed by atoms with Gasteiger partial charge in [0.25, 0.3) is 0 Å². The molecule has 0 aliphatic carbocycles. The van der Waals surface area contributed by atoms with Gasteiger partial charge in [-0.25, -0.2) is 0 Å². The molecule has 130 valence electrons. The van der Waals surface area contributed by atoms with E-state index in [9.17, 15) is 0 Å². The van der Waals surface area contributed by atoms with E-state index >= 15 is 0 Å². The predicted octanol–water partition coefficient (Wildman–Crippen LogP) is 4.29. The number of morpholine rings is 1. The van der Waals surface area contributed by atoms with Crippen LogP contribution in [0.2, 0.25) is 0 Å². The molecule has 1 saturated heterocycles. The fraction of sp³-hybridized carbons (Fsp3) is 0.261. The second-order valence-corrected chi connectivity index (χ2v) is 7.22. The molecule has 2 aliphatic heterocycles. The van der Waals surface area contributed by atoms with E-state index in [1.165, 1.54) is 22.1 Å². The van der Waals surface area contributed by atoms with Crippen LogP contribution in [-0.2, 0) is 11.3 Å². The van der Waals surface area contributed by atoms with Crippen LogP contribution in [0.4, 0.5) is 0 Å². The van der Waals surface area contributed by atoms with Gasteiger partial charge in [0.1, 0.15) is 0 Å². The summed E-state index contributed by atoms with van der Waals surface area (Å²) in [4.78, 5) is 7.04. The van der Waals surface area contributed by atoms with Gasteiger partial charge in [-0.2, -0.15) is 0 Å². The Bertz CT molecular complexity index is 951. The van der Waals surface area contributed by atoms with Crippen molar-refractivity contribution in [2.75, 3.05) is 13.2 Å². The highest BCUT2D eigenvalue weighted by Gasteiger charge is 2.34. The van der Waals surface area contributed by atoms with Crippen molar-refractivity contribution in [1.29, 1.82) is 0 Å². The Morgan fingerprint density at radius 1 is 1.00 bits per heavy atom. The van der Waals surface area contributed by atoms with Crippen LogP contribution in [0.15, 0.2) is 72.9 Å². The number of pyridine rings is 1. The molecule has 0 N–H and O–H groups in total. The number of rotatable bonds is 3. The lowest BCUT2D eigenvalue weighted by Crippen LogP contribution is -2.53. The smallest absolute Gasteiger partial charge is 0.0702 e. The molecule has 0 radical (unpaired) electrons. The van der Waals surface area contributed by atoms with Crippen molar-refractivity contribution < 1.29 is 4.74 Å². The first-order valence-corrected chi connectivity index (χ1v) is 9.30. The van der Waals surface area contributed by atoms with E-state index < -0.39 is 0 Å². The van der Waals surface area contributed by atoms with Gasteiger partial charge in [0, 0.05) is 24.2 Å². The summed E-state index contributed by atoms with van der Waals surface area (Å²) in [6.07, 6.45) is 5.30. The first-order valence-electron chi connectivity index (χ1n) is 9.30. The molecule has 1 aromatic heterocycles. The molecule has 3 aromatic rings. The Balaban J connectivity index is 1.46. The topological polar surface area (TPSA) is 25.4 Å². The Morgan fingerprint density at radius 3 is 2.81 bits per heavy atom. The molecule has 2 aliphatic rings. The molecule has 0 saturated carbocycles. The van der Waals surface area contributed by atoms with E-state index in [1.54, 1.807) is 0 Å². The number of aromatic nitrogens is 1. The lowest BCUT2D eigenvalue weighted by molar-refractivity contribution is -0.0402. The summed E-state index contributed by atoms with van der Waals surface area (Å²) in [6.45, 7) is 2.59. The van der Waals surface area contributed by atoms with Gasteiger partial charge in [-0.3, -0.25) is 9.88 Å². The number of fused-ring (bicyclic) bond motifs is 3. The average Bonchev–Trinajstić information content (AvgIpc) is 2.68. The summed E-state index contributed by atoms with van der Waals surface area (Å²) in [5, 5.41) is 1.21. The fourth-order valence-electron chi connectivity index (χ4n) is 4.19. The highest BCUT2D eigenvalue weighted by Crippen LogP contribution is 2.34. The molecular weight excluding hydrogens is 320 g/mol. The van der Waals surface area contributed by atoms with Crippen LogP contribution in [0.1, 0.15) is 17.5 Å². The van der Waals surface area contributed by atoms with Gasteiger partial charge >= 0.3 is 0 Å². The lowest BCUT2D eigenvalue weighted by atomic mass is 9.89. The number of ether oxygens (including phenoxy) is 1. The molecule has 3 heterocycles. The number of hydrogen-bond acceptors (Lipinski definition) is 3. The van der Waals surface area contributed by atoms with Crippen molar-refractivity contribution in [3.05, 3.63) is 84.1 Å². The molecule has 3 heteroatoms. The largest absolute Gasteiger partial charge is 0.378 e. The lowest BCUT2D eigenvalue weighted by Gasteiger charge is -2.45. The van der Waals surface area contributed by atoms with Crippen LogP contribution in [0.3, 0.4) is 0 Å². The van der Waals surface area contributed by atoms with E-state index in [0.29, 0.717) is 12.1 Å². The van der Waals surface area contributed by atoms with E-state index in [4.69, 9.17) is 4.74 Å². The third kappa shape index (κ3) is 2.94. The maximum atomic E-state index is 5.86. The number of nitrogens with zero attached hydrogens (tertiary/aromatic N) is 2. The van der Waals surface area contributed by atoms with E-state index in [0.717, 1.165) is 31.7 Å². The van der Waals surface area contributed by atoms with E-state index in [1.807, 2.05) is 12.3 Å². The summed E-state index contributed by atoms with van der Waals surface area (Å²) in [5.41, 5.74) is 5.19. The molecule has 2 aromatic carbocycles. The first-order chi connectivity index (χ1) is 12.9. The maximum Gasteiger partial charge on any atom is 0.0702 e. The van der Waals surface area contributed by atoms with Gasteiger partial charge < -0.3 is 4.74 Å². The molecule has 26 heavy (non-hydrogen) atoms.